The van der Waals surface area contributed by atoms with Gasteiger partial charge in [0.1, 0.15) is 18.2 Å². The van der Waals surface area contributed by atoms with Gasteiger partial charge in [0, 0.05) is 10.7 Å². The van der Waals surface area contributed by atoms with Gasteiger partial charge in [-0.3, -0.25) is 9.55 Å². The van der Waals surface area contributed by atoms with Crippen LogP contribution in [0.4, 0.5) is 0 Å². The second-order valence-electron chi connectivity index (χ2n) is 3.31. The van der Waals surface area contributed by atoms with Gasteiger partial charge in [-0.15, -0.1) is 0 Å². The average Bonchev–Trinajstić information content (AvgIpc) is 2.74. The molecule has 84 valence electrons. The molecule has 0 spiro atoms. The van der Waals surface area contributed by atoms with Gasteiger partial charge in [-0.05, 0) is 22.0 Å². The monoisotopic (exact) mass is 309 g/mol. The maximum absolute atomic E-state index is 5.94. The fraction of sp³-hybridized carbons (Fsp3) is 0. The summed E-state index contributed by atoms with van der Waals surface area (Å²) < 4.78 is 2.69. The molecule has 3 rings (SSSR count). The maximum atomic E-state index is 5.94. The highest BCUT2D eigenvalue weighted by Gasteiger charge is 2.09. The zero-order valence-electron chi connectivity index (χ0n) is 8.38. The van der Waals surface area contributed by atoms with E-state index in [0.717, 1.165) is 10.2 Å². The van der Waals surface area contributed by atoms with Crippen molar-refractivity contribution in [3.05, 3.63) is 40.7 Å². The first-order valence-electron chi connectivity index (χ1n) is 4.70. The van der Waals surface area contributed by atoms with Gasteiger partial charge in [0.15, 0.2) is 10.8 Å². The number of fused-ring (bicyclic) bond motifs is 1. The molecule has 0 aliphatic rings. The molecule has 7 heteroatoms. The summed E-state index contributed by atoms with van der Waals surface area (Å²) in [6, 6.07) is 1.92. The highest BCUT2D eigenvalue weighted by atomic mass is 79.9. The van der Waals surface area contributed by atoms with E-state index in [1.165, 1.54) is 6.33 Å². The fourth-order valence-electron chi connectivity index (χ4n) is 1.53. The van der Waals surface area contributed by atoms with Crippen molar-refractivity contribution in [2.75, 3.05) is 0 Å². The third kappa shape index (κ3) is 1.79. The number of rotatable bonds is 1. The largest absolute Gasteiger partial charge is 0.282 e. The van der Waals surface area contributed by atoms with E-state index >= 15 is 0 Å². The van der Waals surface area contributed by atoms with Crippen molar-refractivity contribution in [3.63, 3.8) is 0 Å². The minimum absolute atomic E-state index is 0.344. The Morgan fingerprint density at radius 2 is 2.06 bits per heavy atom. The molecular formula is C10H5BrClN5. The Hall–Kier alpha value is -1.53. The Morgan fingerprint density at radius 1 is 1.18 bits per heavy atom. The molecular weight excluding hydrogens is 306 g/mol. The van der Waals surface area contributed by atoms with Gasteiger partial charge in [-0.1, -0.05) is 11.6 Å². The van der Waals surface area contributed by atoms with Crippen molar-refractivity contribution < 1.29 is 0 Å². The van der Waals surface area contributed by atoms with Crippen molar-refractivity contribution in [2.24, 2.45) is 0 Å². The highest BCUT2D eigenvalue weighted by molar-refractivity contribution is 9.10. The number of hydrogen-bond acceptors (Lipinski definition) is 4. The van der Waals surface area contributed by atoms with Crippen molar-refractivity contribution in [1.82, 2.24) is 24.5 Å². The zero-order valence-corrected chi connectivity index (χ0v) is 10.7. The van der Waals surface area contributed by atoms with Crippen LogP contribution >= 0.6 is 27.5 Å². The highest BCUT2D eigenvalue weighted by Crippen LogP contribution is 2.21. The number of hydrogen-bond donors (Lipinski definition) is 0. The molecule has 0 unspecified atom stereocenters. The Balaban J connectivity index is 2.28. The van der Waals surface area contributed by atoms with Crippen LogP contribution in [0.1, 0.15) is 0 Å². The Bertz CT molecular complexity index is 696. The van der Waals surface area contributed by atoms with Gasteiger partial charge in [-0.25, -0.2) is 15.0 Å². The molecule has 0 fully saturated rings. The summed E-state index contributed by atoms with van der Waals surface area (Å²) in [4.78, 5) is 16.3. The van der Waals surface area contributed by atoms with Crippen LogP contribution in [-0.2, 0) is 0 Å². The smallest absolute Gasteiger partial charge is 0.169 e. The van der Waals surface area contributed by atoms with Crippen molar-refractivity contribution in [3.8, 4) is 5.69 Å². The van der Waals surface area contributed by atoms with E-state index in [0.29, 0.717) is 16.3 Å². The van der Waals surface area contributed by atoms with Crippen LogP contribution in [-0.4, -0.2) is 24.5 Å². The molecule has 0 aliphatic heterocycles. The van der Waals surface area contributed by atoms with Crippen molar-refractivity contribution >= 4 is 38.7 Å². The number of nitrogens with zero attached hydrogens (tertiary/aromatic N) is 5. The third-order valence-electron chi connectivity index (χ3n) is 2.26. The maximum Gasteiger partial charge on any atom is 0.169 e. The predicted octanol–water partition coefficient (Wildman–Crippen LogP) is 2.63. The summed E-state index contributed by atoms with van der Waals surface area (Å²) in [5.74, 6) is 0. The van der Waals surface area contributed by atoms with E-state index in [1.54, 1.807) is 23.3 Å². The van der Waals surface area contributed by atoms with E-state index in [2.05, 4.69) is 35.9 Å². The van der Waals surface area contributed by atoms with E-state index in [9.17, 15) is 0 Å². The van der Waals surface area contributed by atoms with E-state index in [-0.39, 0.29) is 0 Å². The number of pyridine rings is 1. The normalized spacial score (nSPS) is 10.9. The van der Waals surface area contributed by atoms with Gasteiger partial charge < -0.3 is 0 Å². The fourth-order valence-corrected chi connectivity index (χ4v) is 2.06. The Labute approximate surface area is 110 Å². The van der Waals surface area contributed by atoms with Crippen LogP contribution in [0, 0.1) is 0 Å². The SMILES string of the molecule is Clc1ncnc2c1ncn2-c1cncc(Br)c1. The molecule has 17 heavy (non-hydrogen) atoms. The van der Waals surface area contributed by atoms with Crippen molar-refractivity contribution in [2.45, 2.75) is 0 Å². The average molecular weight is 311 g/mol. The molecule has 3 heterocycles. The Kier molecular flexibility index (Phi) is 2.53. The first-order valence-corrected chi connectivity index (χ1v) is 5.87. The minimum Gasteiger partial charge on any atom is -0.282 e. The van der Waals surface area contributed by atoms with Crippen LogP contribution in [0.3, 0.4) is 0 Å². The predicted molar refractivity (Wildman–Crippen MR) is 67.2 cm³/mol. The molecule has 0 atom stereocenters. The summed E-state index contributed by atoms with van der Waals surface area (Å²) in [5, 5.41) is 0.344. The second kappa shape index (κ2) is 4.05. The van der Waals surface area contributed by atoms with Gasteiger partial charge in [0.05, 0.1) is 11.9 Å². The lowest BCUT2D eigenvalue weighted by atomic mass is 10.4. The van der Waals surface area contributed by atoms with Crippen LogP contribution in [0.2, 0.25) is 5.15 Å². The molecule has 0 N–H and O–H groups in total. The molecule has 5 nitrogen and oxygen atoms in total. The van der Waals surface area contributed by atoms with Crippen LogP contribution < -0.4 is 0 Å². The van der Waals surface area contributed by atoms with Crippen LogP contribution in [0.5, 0.6) is 0 Å². The van der Waals surface area contributed by atoms with Gasteiger partial charge in [-0.2, -0.15) is 0 Å². The minimum atomic E-state index is 0.344. The van der Waals surface area contributed by atoms with Crippen LogP contribution in [0.25, 0.3) is 16.9 Å². The standard InChI is InChI=1S/C10H5BrClN5/c11-6-1-7(3-13-2-6)17-5-16-8-9(12)14-4-15-10(8)17/h1-5H. The van der Waals surface area contributed by atoms with Crippen LogP contribution in [0.15, 0.2) is 35.6 Å². The van der Waals surface area contributed by atoms with E-state index < -0.39 is 0 Å². The first-order chi connectivity index (χ1) is 8.25. The van der Waals surface area contributed by atoms with Gasteiger partial charge in [0.2, 0.25) is 0 Å². The quantitative estimate of drug-likeness (QED) is 0.648. The topological polar surface area (TPSA) is 56.5 Å². The lowest BCUT2D eigenvalue weighted by Gasteiger charge is -2.02. The van der Waals surface area contributed by atoms with Crippen molar-refractivity contribution in [1.29, 1.82) is 0 Å². The Morgan fingerprint density at radius 3 is 2.88 bits per heavy atom. The number of aromatic nitrogens is 5. The number of halogens is 2. The summed E-state index contributed by atoms with van der Waals surface area (Å²) in [7, 11) is 0. The first kappa shape index (κ1) is 10.6. The molecule has 3 aromatic rings. The number of imidazole rings is 1. The molecule has 0 saturated carbocycles. The molecule has 0 bridgehead atoms. The van der Waals surface area contributed by atoms with Gasteiger partial charge in [0.25, 0.3) is 0 Å². The summed E-state index contributed by atoms with van der Waals surface area (Å²) in [6.07, 6.45) is 6.50. The summed E-state index contributed by atoms with van der Waals surface area (Å²) in [5.41, 5.74) is 2.09. The molecule has 0 radical (unpaired) electrons. The molecule has 0 aromatic carbocycles. The lowest BCUT2D eigenvalue weighted by molar-refractivity contribution is 1.04. The lowest BCUT2D eigenvalue weighted by Crippen LogP contribution is -1.95. The molecule has 3 aromatic heterocycles. The molecule has 0 saturated heterocycles. The molecule has 0 aliphatic carbocycles. The third-order valence-corrected chi connectivity index (χ3v) is 2.97. The van der Waals surface area contributed by atoms with E-state index in [1.807, 2.05) is 6.07 Å². The molecule has 0 amide bonds. The second-order valence-corrected chi connectivity index (χ2v) is 4.59. The van der Waals surface area contributed by atoms with Gasteiger partial charge >= 0.3 is 0 Å². The zero-order chi connectivity index (χ0) is 11.8. The summed E-state index contributed by atoms with van der Waals surface area (Å²) in [6.45, 7) is 0. The summed E-state index contributed by atoms with van der Waals surface area (Å²) >= 11 is 9.31. The van der Waals surface area contributed by atoms with E-state index in [4.69, 9.17) is 11.6 Å².